The van der Waals surface area contributed by atoms with Crippen molar-refractivity contribution in [1.82, 2.24) is 10.3 Å². The maximum atomic E-state index is 12.3. The molecule has 0 fully saturated rings. The van der Waals surface area contributed by atoms with Gasteiger partial charge < -0.3 is 10.6 Å². The zero-order chi connectivity index (χ0) is 15.9. The lowest BCUT2D eigenvalue weighted by Gasteiger charge is -2.14. The van der Waals surface area contributed by atoms with E-state index in [0.717, 1.165) is 6.42 Å². The highest BCUT2D eigenvalue weighted by atomic mass is 16.2. The summed E-state index contributed by atoms with van der Waals surface area (Å²) in [5.41, 5.74) is 1.37. The Kier molecular flexibility index (Phi) is 5.25. The van der Waals surface area contributed by atoms with Crippen molar-refractivity contribution >= 4 is 17.5 Å². The molecule has 2 aromatic rings. The standard InChI is InChI=1S/C17H19N3O2/c1-3-12(2)19-17(22)14-8-4-5-9-15(14)20-16(21)13-7-6-10-18-11-13/h4-12H,3H2,1-2H3,(H,19,22)(H,20,21). The number of amides is 2. The third kappa shape index (κ3) is 3.91. The van der Waals surface area contributed by atoms with Crippen LogP contribution in [0.1, 0.15) is 41.0 Å². The summed E-state index contributed by atoms with van der Waals surface area (Å²) in [6, 6.07) is 10.4. The van der Waals surface area contributed by atoms with E-state index in [0.29, 0.717) is 16.8 Å². The number of aromatic nitrogens is 1. The molecule has 2 N–H and O–H groups in total. The Bertz CT molecular complexity index is 656. The fraction of sp³-hybridized carbons (Fsp3) is 0.235. The Morgan fingerprint density at radius 3 is 2.59 bits per heavy atom. The topological polar surface area (TPSA) is 71.1 Å². The zero-order valence-electron chi connectivity index (χ0n) is 12.7. The molecule has 0 bridgehead atoms. The first kappa shape index (κ1) is 15.7. The molecule has 1 unspecified atom stereocenters. The van der Waals surface area contributed by atoms with Gasteiger partial charge in [-0.05, 0) is 37.6 Å². The molecule has 0 saturated carbocycles. The Balaban J connectivity index is 2.18. The van der Waals surface area contributed by atoms with Crippen LogP contribution in [0.25, 0.3) is 0 Å². The predicted molar refractivity (Wildman–Crippen MR) is 85.9 cm³/mol. The van der Waals surface area contributed by atoms with Crippen LogP contribution in [0.4, 0.5) is 5.69 Å². The molecular weight excluding hydrogens is 278 g/mol. The Morgan fingerprint density at radius 1 is 1.14 bits per heavy atom. The van der Waals surface area contributed by atoms with E-state index < -0.39 is 0 Å². The number of anilines is 1. The van der Waals surface area contributed by atoms with Crippen molar-refractivity contribution in [3.8, 4) is 0 Å². The Labute approximate surface area is 129 Å². The van der Waals surface area contributed by atoms with Gasteiger partial charge in [-0.15, -0.1) is 0 Å². The van der Waals surface area contributed by atoms with E-state index in [1.54, 1.807) is 42.6 Å². The summed E-state index contributed by atoms with van der Waals surface area (Å²) in [4.78, 5) is 28.4. The molecule has 1 atom stereocenters. The lowest BCUT2D eigenvalue weighted by molar-refractivity contribution is 0.0940. The van der Waals surface area contributed by atoms with Gasteiger partial charge in [-0.25, -0.2) is 0 Å². The number of rotatable bonds is 5. The average Bonchev–Trinajstić information content (AvgIpc) is 2.55. The number of carbonyl (C=O) groups excluding carboxylic acids is 2. The molecule has 0 aliphatic carbocycles. The molecule has 0 aliphatic heterocycles. The van der Waals surface area contributed by atoms with Crippen LogP contribution in [0.3, 0.4) is 0 Å². The third-order valence-corrected chi connectivity index (χ3v) is 3.33. The number of nitrogens with zero attached hydrogens (tertiary/aromatic N) is 1. The molecule has 0 radical (unpaired) electrons. The van der Waals surface area contributed by atoms with Crippen molar-refractivity contribution in [2.24, 2.45) is 0 Å². The van der Waals surface area contributed by atoms with Crippen molar-refractivity contribution in [2.45, 2.75) is 26.3 Å². The monoisotopic (exact) mass is 297 g/mol. The summed E-state index contributed by atoms with van der Waals surface area (Å²) in [5.74, 6) is -0.492. The molecule has 0 aliphatic rings. The van der Waals surface area contributed by atoms with Crippen molar-refractivity contribution in [2.75, 3.05) is 5.32 Å². The van der Waals surface area contributed by atoms with E-state index in [2.05, 4.69) is 15.6 Å². The molecule has 2 amide bonds. The highest BCUT2D eigenvalue weighted by Gasteiger charge is 2.15. The Morgan fingerprint density at radius 2 is 1.91 bits per heavy atom. The minimum atomic E-state index is -0.295. The molecule has 0 saturated heterocycles. The number of nitrogens with one attached hydrogen (secondary N) is 2. The molecule has 5 nitrogen and oxygen atoms in total. The summed E-state index contributed by atoms with van der Waals surface area (Å²) >= 11 is 0. The van der Waals surface area contributed by atoms with E-state index in [4.69, 9.17) is 0 Å². The number of hydrogen-bond donors (Lipinski definition) is 2. The van der Waals surface area contributed by atoms with Gasteiger partial charge in [0.2, 0.25) is 0 Å². The number of pyridine rings is 1. The summed E-state index contributed by atoms with van der Waals surface area (Å²) < 4.78 is 0. The number of para-hydroxylation sites is 1. The second-order valence-corrected chi connectivity index (χ2v) is 5.02. The van der Waals surface area contributed by atoms with Crippen LogP contribution < -0.4 is 10.6 Å². The molecule has 5 heteroatoms. The largest absolute Gasteiger partial charge is 0.350 e. The molecule has 1 aromatic heterocycles. The SMILES string of the molecule is CCC(C)NC(=O)c1ccccc1NC(=O)c1cccnc1. The Hall–Kier alpha value is -2.69. The van der Waals surface area contributed by atoms with Crippen molar-refractivity contribution < 1.29 is 9.59 Å². The highest BCUT2D eigenvalue weighted by molar-refractivity contribution is 6.08. The van der Waals surface area contributed by atoms with Gasteiger partial charge >= 0.3 is 0 Å². The second-order valence-electron chi connectivity index (χ2n) is 5.02. The van der Waals surface area contributed by atoms with Gasteiger partial charge in [-0.1, -0.05) is 19.1 Å². The number of carbonyl (C=O) groups is 2. The van der Waals surface area contributed by atoms with Crippen LogP contribution in [-0.4, -0.2) is 22.8 Å². The summed E-state index contributed by atoms with van der Waals surface area (Å²) in [6.07, 6.45) is 3.93. The van der Waals surface area contributed by atoms with Gasteiger partial charge in [0.05, 0.1) is 16.8 Å². The minimum Gasteiger partial charge on any atom is -0.350 e. The van der Waals surface area contributed by atoms with E-state index in [1.807, 2.05) is 13.8 Å². The quantitative estimate of drug-likeness (QED) is 0.891. The normalized spacial score (nSPS) is 11.5. The van der Waals surface area contributed by atoms with Crippen LogP contribution in [-0.2, 0) is 0 Å². The lowest BCUT2D eigenvalue weighted by atomic mass is 10.1. The molecule has 2 rings (SSSR count). The van der Waals surface area contributed by atoms with Crippen LogP contribution in [0, 0.1) is 0 Å². The minimum absolute atomic E-state index is 0.0783. The van der Waals surface area contributed by atoms with E-state index >= 15 is 0 Å². The fourth-order valence-corrected chi connectivity index (χ4v) is 1.89. The van der Waals surface area contributed by atoms with Crippen LogP contribution in [0.15, 0.2) is 48.8 Å². The van der Waals surface area contributed by atoms with Gasteiger partial charge in [0.25, 0.3) is 11.8 Å². The zero-order valence-corrected chi connectivity index (χ0v) is 12.7. The lowest BCUT2D eigenvalue weighted by Crippen LogP contribution is -2.32. The fourth-order valence-electron chi connectivity index (χ4n) is 1.89. The van der Waals surface area contributed by atoms with Gasteiger partial charge in [0, 0.05) is 18.4 Å². The molecule has 0 spiro atoms. The predicted octanol–water partition coefficient (Wildman–Crippen LogP) is 2.86. The molecule has 114 valence electrons. The first-order valence-electron chi connectivity index (χ1n) is 7.23. The van der Waals surface area contributed by atoms with Crippen LogP contribution >= 0.6 is 0 Å². The van der Waals surface area contributed by atoms with Crippen molar-refractivity contribution in [3.63, 3.8) is 0 Å². The maximum absolute atomic E-state index is 12.3. The van der Waals surface area contributed by atoms with Crippen molar-refractivity contribution in [1.29, 1.82) is 0 Å². The molecule has 1 aromatic carbocycles. The summed E-state index contributed by atoms with van der Waals surface area (Å²) in [5, 5.41) is 5.66. The summed E-state index contributed by atoms with van der Waals surface area (Å²) in [7, 11) is 0. The summed E-state index contributed by atoms with van der Waals surface area (Å²) in [6.45, 7) is 3.94. The van der Waals surface area contributed by atoms with Gasteiger partial charge in [0.15, 0.2) is 0 Å². The van der Waals surface area contributed by atoms with Crippen LogP contribution in [0.2, 0.25) is 0 Å². The maximum Gasteiger partial charge on any atom is 0.257 e. The van der Waals surface area contributed by atoms with Crippen LogP contribution in [0.5, 0.6) is 0 Å². The first-order valence-corrected chi connectivity index (χ1v) is 7.23. The van der Waals surface area contributed by atoms with Gasteiger partial charge in [0.1, 0.15) is 0 Å². The molecular formula is C17H19N3O2. The van der Waals surface area contributed by atoms with E-state index in [1.165, 1.54) is 6.20 Å². The number of benzene rings is 1. The smallest absolute Gasteiger partial charge is 0.257 e. The van der Waals surface area contributed by atoms with E-state index in [-0.39, 0.29) is 17.9 Å². The molecule has 1 heterocycles. The van der Waals surface area contributed by atoms with E-state index in [9.17, 15) is 9.59 Å². The number of hydrogen-bond acceptors (Lipinski definition) is 3. The highest BCUT2D eigenvalue weighted by Crippen LogP contribution is 2.16. The van der Waals surface area contributed by atoms with Gasteiger partial charge in [-0.3, -0.25) is 14.6 Å². The first-order chi connectivity index (χ1) is 10.6. The average molecular weight is 297 g/mol. The molecule has 22 heavy (non-hydrogen) atoms. The third-order valence-electron chi connectivity index (χ3n) is 3.33. The van der Waals surface area contributed by atoms with Gasteiger partial charge in [-0.2, -0.15) is 0 Å². The second kappa shape index (κ2) is 7.36. The van der Waals surface area contributed by atoms with Crippen molar-refractivity contribution in [3.05, 3.63) is 59.9 Å².